The van der Waals surface area contributed by atoms with Crippen LogP contribution < -0.4 is 5.32 Å². The number of amidine groups is 1. The summed E-state index contributed by atoms with van der Waals surface area (Å²) in [5, 5.41) is 2.95. The summed E-state index contributed by atoms with van der Waals surface area (Å²) >= 11 is 1.15. The molecule has 21 heavy (non-hydrogen) atoms. The van der Waals surface area contributed by atoms with Gasteiger partial charge in [0.25, 0.3) is 5.91 Å². The first-order valence-electron chi connectivity index (χ1n) is 6.22. The molecule has 106 valence electrons. The van der Waals surface area contributed by atoms with Gasteiger partial charge in [-0.1, -0.05) is 12.1 Å². The molecule has 1 fully saturated rings. The summed E-state index contributed by atoms with van der Waals surface area (Å²) in [5.41, 5.74) is 0.190. The Morgan fingerprint density at radius 3 is 2.81 bits per heavy atom. The number of aliphatic imine (C=N–C) groups is 1. The summed E-state index contributed by atoms with van der Waals surface area (Å²) in [4.78, 5) is 16.4. The molecule has 0 aliphatic carbocycles. The maximum Gasteiger partial charge on any atom is 0.264 e. The fourth-order valence-corrected chi connectivity index (χ4v) is 2.61. The lowest BCUT2D eigenvalue weighted by Crippen LogP contribution is -2.19. The zero-order valence-corrected chi connectivity index (χ0v) is 11.9. The van der Waals surface area contributed by atoms with Gasteiger partial charge in [0.15, 0.2) is 5.17 Å². The molecule has 0 spiro atoms. The second-order valence-corrected chi connectivity index (χ2v) is 5.41. The van der Waals surface area contributed by atoms with Crippen LogP contribution in [0.1, 0.15) is 11.5 Å². The first-order chi connectivity index (χ1) is 10.1. The number of carbonyl (C=O) groups excluding carboxylic acids is 1. The third-order valence-electron chi connectivity index (χ3n) is 2.76. The number of hydrogen-bond acceptors (Lipinski definition) is 4. The second-order valence-electron chi connectivity index (χ2n) is 4.38. The van der Waals surface area contributed by atoms with Crippen molar-refractivity contribution in [2.24, 2.45) is 4.99 Å². The van der Waals surface area contributed by atoms with Crippen LogP contribution in [0.5, 0.6) is 0 Å². The predicted molar refractivity (Wildman–Crippen MR) is 80.7 cm³/mol. The van der Waals surface area contributed by atoms with Crippen LogP contribution in [0.2, 0.25) is 0 Å². The number of aryl methyl sites for hydroxylation is 1. The summed E-state index contributed by atoms with van der Waals surface area (Å²) in [6, 6.07) is 9.74. The monoisotopic (exact) mass is 302 g/mol. The Morgan fingerprint density at radius 1 is 1.29 bits per heavy atom. The standard InChI is InChI=1S/C15H11FN2O2S/c1-9-6-7-10(20-9)8-13-14(19)18-15(21-13)17-12-5-3-2-4-11(12)16/h2-8H,1H3,(H,17,18,19). The average Bonchev–Trinajstić information content (AvgIpc) is 3.00. The Balaban J connectivity index is 1.85. The molecule has 0 bridgehead atoms. The lowest BCUT2D eigenvalue weighted by atomic mass is 10.3. The molecule has 0 unspecified atom stereocenters. The molecule has 1 aromatic heterocycles. The first kappa shape index (κ1) is 13.6. The molecule has 1 saturated heterocycles. The molecular weight excluding hydrogens is 291 g/mol. The third-order valence-corrected chi connectivity index (χ3v) is 3.67. The van der Waals surface area contributed by atoms with E-state index in [1.54, 1.807) is 30.3 Å². The van der Waals surface area contributed by atoms with Gasteiger partial charge in [-0.2, -0.15) is 0 Å². The van der Waals surface area contributed by atoms with E-state index in [1.165, 1.54) is 6.07 Å². The number of para-hydroxylation sites is 1. The number of nitrogens with zero attached hydrogens (tertiary/aromatic N) is 1. The number of hydrogen-bond donors (Lipinski definition) is 1. The summed E-state index contributed by atoms with van der Waals surface area (Å²) in [7, 11) is 0. The van der Waals surface area contributed by atoms with E-state index in [9.17, 15) is 9.18 Å². The highest BCUT2D eigenvalue weighted by atomic mass is 32.2. The second kappa shape index (κ2) is 5.57. The molecule has 2 aromatic rings. The molecule has 1 aliphatic rings. The fraction of sp³-hybridized carbons (Fsp3) is 0.0667. The van der Waals surface area contributed by atoms with Gasteiger partial charge in [0, 0.05) is 6.08 Å². The van der Waals surface area contributed by atoms with Crippen LogP contribution in [0.4, 0.5) is 10.1 Å². The molecular formula is C15H11FN2O2S. The van der Waals surface area contributed by atoms with Gasteiger partial charge in [0.1, 0.15) is 23.0 Å². The zero-order chi connectivity index (χ0) is 14.8. The van der Waals surface area contributed by atoms with Gasteiger partial charge in [-0.25, -0.2) is 9.38 Å². The minimum atomic E-state index is -0.432. The van der Waals surface area contributed by atoms with Gasteiger partial charge >= 0.3 is 0 Å². The van der Waals surface area contributed by atoms with E-state index in [0.29, 0.717) is 15.8 Å². The minimum Gasteiger partial charge on any atom is -0.462 e. The molecule has 1 amide bonds. The molecule has 0 atom stereocenters. The van der Waals surface area contributed by atoms with E-state index in [0.717, 1.165) is 17.5 Å². The van der Waals surface area contributed by atoms with Gasteiger partial charge in [-0.15, -0.1) is 0 Å². The number of carbonyl (C=O) groups is 1. The van der Waals surface area contributed by atoms with E-state index in [4.69, 9.17) is 4.42 Å². The number of nitrogens with one attached hydrogen (secondary N) is 1. The summed E-state index contributed by atoms with van der Waals surface area (Å²) in [6.45, 7) is 1.83. The summed E-state index contributed by atoms with van der Waals surface area (Å²) in [6.07, 6.45) is 1.64. The van der Waals surface area contributed by atoms with Gasteiger partial charge in [0.2, 0.25) is 0 Å². The normalized spacial score (nSPS) is 18.5. The van der Waals surface area contributed by atoms with Crippen molar-refractivity contribution >= 4 is 34.6 Å². The van der Waals surface area contributed by atoms with E-state index in [-0.39, 0.29) is 11.6 Å². The number of amides is 1. The van der Waals surface area contributed by atoms with Crippen LogP contribution >= 0.6 is 11.8 Å². The van der Waals surface area contributed by atoms with Gasteiger partial charge in [0.05, 0.1) is 4.91 Å². The van der Waals surface area contributed by atoms with Crippen molar-refractivity contribution in [2.45, 2.75) is 6.92 Å². The van der Waals surface area contributed by atoms with Crippen LogP contribution in [-0.4, -0.2) is 11.1 Å². The molecule has 1 aliphatic heterocycles. The Morgan fingerprint density at radius 2 is 2.10 bits per heavy atom. The van der Waals surface area contributed by atoms with Crippen molar-refractivity contribution in [2.75, 3.05) is 0 Å². The van der Waals surface area contributed by atoms with Gasteiger partial charge in [-0.3, -0.25) is 4.79 Å². The number of benzene rings is 1. The highest BCUT2D eigenvalue weighted by Crippen LogP contribution is 2.29. The Labute approximate surface area is 124 Å². The van der Waals surface area contributed by atoms with Crippen molar-refractivity contribution < 1.29 is 13.6 Å². The van der Waals surface area contributed by atoms with Gasteiger partial charge < -0.3 is 9.73 Å². The fourth-order valence-electron chi connectivity index (χ4n) is 1.79. The molecule has 1 N–H and O–H groups in total. The highest BCUT2D eigenvalue weighted by Gasteiger charge is 2.24. The van der Waals surface area contributed by atoms with Crippen LogP contribution in [-0.2, 0) is 4.79 Å². The van der Waals surface area contributed by atoms with Crippen molar-refractivity contribution in [1.82, 2.24) is 5.32 Å². The van der Waals surface area contributed by atoms with E-state index in [2.05, 4.69) is 10.3 Å². The van der Waals surface area contributed by atoms with Crippen molar-refractivity contribution in [3.05, 3.63) is 58.6 Å². The molecule has 0 saturated carbocycles. The maximum absolute atomic E-state index is 13.5. The summed E-state index contributed by atoms with van der Waals surface area (Å²) < 4.78 is 18.9. The summed E-state index contributed by atoms with van der Waals surface area (Å²) in [5.74, 6) is 0.658. The predicted octanol–water partition coefficient (Wildman–Crippen LogP) is 3.62. The topological polar surface area (TPSA) is 54.6 Å². The zero-order valence-electron chi connectivity index (χ0n) is 11.1. The average molecular weight is 302 g/mol. The Bertz CT molecular complexity index is 765. The largest absolute Gasteiger partial charge is 0.462 e. The SMILES string of the molecule is Cc1ccc(C=C2SC(=Nc3ccccc3F)NC2=O)o1. The quantitative estimate of drug-likeness (QED) is 0.862. The smallest absolute Gasteiger partial charge is 0.264 e. The molecule has 0 radical (unpaired) electrons. The highest BCUT2D eigenvalue weighted by molar-refractivity contribution is 8.18. The van der Waals surface area contributed by atoms with Crippen LogP contribution in [0.25, 0.3) is 6.08 Å². The number of rotatable bonds is 2. The van der Waals surface area contributed by atoms with E-state index < -0.39 is 5.82 Å². The van der Waals surface area contributed by atoms with Crippen molar-refractivity contribution in [3.8, 4) is 0 Å². The van der Waals surface area contributed by atoms with Gasteiger partial charge in [-0.05, 0) is 43.0 Å². The molecule has 1 aromatic carbocycles. The number of thioether (sulfide) groups is 1. The molecule has 6 heteroatoms. The van der Waals surface area contributed by atoms with Crippen LogP contribution in [0.15, 0.2) is 50.7 Å². The number of furan rings is 1. The van der Waals surface area contributed by atoms with E-state index >= 15 is 0 Å². The number of halogens is 1. The minimum absolute atomic E-state index is 0.190. The first-order valence-corrected chi connectivity index (χ1v) is 7.04. The van der Waals surface area contributed by atoms with Crippen LogP contribution in [0, 0.1) is 12.7 Å². The lowest BCUT2D eigenvalue weighted by molar-refractivity contribution is -0.115. The molecule has 2 heterocycles. The lowest BCUT2D eigenvalue weighted by Gasteiger charge is -1.97. The Kier molecular flexibility index (Phi) is 3.62. The third kappa shape index (κ3) is 3.05. The Hall–Kier alpha value is -2.34. The van der Waals surface area contributed by atoms with Crippen molar-refractivity contribution in [1.29, 1.82) is 0 Å². The molecule has 3 rings (SSSR count). The van der Waals surface area contributed by atoms with Crippen LogP contribution in [0.3, 0.4) is 0 Å². The van der Waals surface area contributed by atoms with Crippen molar-refractivity contribution in [3.63, 3.8) is 0 Å². The maximum atomic E-state index is 13.5. The molecule has 4 nitrogen and oxygen atoms in total. The van der Waals surface area contributed by atoms with E-state index in [1.807, 2.05) is 13.0 Å².